The molecule has 0 amide bonds. The second-order valence-corrected chi connectivity index (χ2v) is 16.6. The fraction of sp³-hybridized carbons (Fsp3) is 0.0678. The van der Waals surface area contributed by atoms with Gasteiger partial charge >= 0.3 is 0 Å². The zero-order valence-corrected chi connectivity index (χ0v) is 36.3. The lowest BCUT2D eigenvalue weighted by Crippen LogP contribution is -2.09. The average Bonchev–Trinajstić information content (AvgIpc) is 3.69. The fourth-order valence-electron chi connectivity index (χ4n) is 9.34. The van der Waals surface area contributed by atoms with Crippen LogP contribution in [0.5, 0.6) is 0 Å². The minimum absolute atomic E-state index is 0.0795. The molecule has 0 saturated heterocycles. The Balaban J connectivity index is 1.11. The van der Waals surface area contributed by atoms with Gasteiger partial charge in [0.15, 0.2) is 11.6 Å². The number of rotatable bonds is 10. The van der Waals surface area contributed by atoms with Crippen LogP contribution in [0.1, 0.15) is 29.3 Å². The van der Waals surface area contributed by atoms with Crippen molar-refractivity contribution in [3.8, 4) is 28.5 Å². The summed E-state index contributed by atoms with van der Waals surface area (Å²) in [5, 5.41) is 2.31. The number of fused-ring (bicyclic) bond motifs is 3. The number of benzene rings is 8. The molecule has 11 rings (SSSR count). The lowest BCUT2D eigenvalue weighted by atomic mass is 9.98. The van der Waals surface area contributed by atoms with Gasteiger partial charge in [-0.2, -0.15) is 0 Å². The predicted molar refractivity (Wildman–Crippen MR) is 270 cm³/mol. The topological polar surface area (TPSA) is 50.1 Å². The first-order valence-electron chi connectivity index (χ1n) is 22.2. The van der Waals surface area contributed by atoms with E-state index < -0.39 is 0 Å². The summed E-state index contributed by atoms with van der Waals surface area (Å²) in [7, 11) is 0. The van der Waals surface area contributed by atoms with Crippen LogP contribution in [0.2, 0.25) is 0 Å². The fourth-order valence-corrected chi connectivity index (χ4v) is 9.34. The Kier molecular flexibility index (Phi) is 10.4. The molecule has 65 heavy (non-hydrogen) atoms. The van der Waals surface area contributed by atoms with Crippen LogP contribution in [0, 0.1) is 13.8 Å². The second-order valence-electron chi connectivity index (χ2n) is 16.6. The molecule has 2 aromatic heterocycles. The van der Waals surface area contributed by atoms with Crippen molar-refractivity contribution in [2.75, 3.05) is 9.80 Å². The zero-order chi connectivity index (χ0) is 43.7. The standard InChI is InChI=1S/C59H46N6/c1-41-37-51(38-42(2)56(41)59-61-57(43-21-9-3-10-22-43)60-58(62-59)44-23-11-4-12-24-44)65-54-35-33-49(63(45-25-13-5-14-26-45)46-27-15-6-16-28-46)39-52(54)53-40-50(34-36-55(53)65)64(47-29-17-7-18-30-47)48-31-19-8-20-32-48/h3-23,25-40,44H,24H2,1-2H3. The largest absolute Gasteiger partial charge is 0.310 e. The minimum atomic E-state index is 0.0795. The van der Waals surface area contributed by atoms with Gasteiger partial charge in [0.2, 0.25) is 0 Å². The predicted octanol–water partition coefficient (Wildman–Crippen LogP) is 15.5. The van der Waals surface area contributed by atoms with Crippen molar-refractivity contribution in [3.63, 3.8) is 0 Å². The van der Waals surface area contributed by atoms with E-state index in [4.69, 9.17) is 15.0 Å². The Morgan fingerprint density at radius 1 is 0.446 bits per heavy atom. The Bertz CT molecular complexity index is 3120. The zero-order valence-electron chi connectivity index (χ0n) is 36.3. The Hall–Kier alpha value is -8.35. The summed E-state index contributed by atoms with van der Waals surface area (Å²) in [4.78, 5) is 20.1. The third-order valence-electron chi connectivity index (χ3n) is 12.3. The molecule has 0 N–H and O–H groups in total. The number of aryl methyl sites for hydroxylation is 2. The highest BCUT2D eigenvalue weighted by Gasteiger charge is 2.23. The van der Waals surface area contributed by atoms with Crippen LogP contribution in [0.3, 0.4) is 0 Å². The van der Waals surface area contributed by atoms with Gasteiger partial charge in [0.05, 0.1) is 11.0 Å². The van der Waals surface area contributed by atoms with Gasteiger partial charge in [-0.1, -0.05) is 127 Å². The van der Waals surface area contributed by atoms with Gasteiger partial charge in [0.1, 0.15) is 5.82 Å². The maximum Gasteiger partial charge on any atom is 0.164 e. The monoisotopic (exact) mass is 838 g/mol. The number of allylic oxidation sites excluding steroid dienone is 4. The molecule has 1 atom stereocenters. The normalized spacial score (nSPS) is 13.4. The van der Waals surface area contributed by atoms with Gasteiger partial charge in [-0.15, -0.1) is 0 Å². The van der Waals surface area contributed by atoms with Gasteiger partial charge in [-0.05, 0) is 128 Å². The van der Waals surface area contributed by atoms with Gasteiger partial charge in [0, 0.05) is 67.6 Å². The summed E-state index contributed by atoms with van der Waals surface area (Å²) in [5.74, 6) is 2.24. The van der Waals surface area contributed by atoms with E-state index in [1.807, 2.05) is 18.2 Å². The molecule has 6 nitrogen and oxygen atoms in total. The summed E-state index contributed by atoms with van der Waals surface area (Å²) in [6, 6.07) is 71.0. The third-order valence-corrected chi connectivity index (χ3v) is 12.3. The van der Waals surface area contributed by atoms with Crippen molar-refractivity contribution < 1.29 is 0 Å². The summed E-state index contributed by atoms with van der Waals surface area (Å²) in [5.41, 5.74) is 14.0. The molecule has 0 spiro atoms. The molecular weight excluding hydrogens is 793 g/mol. The molecule has 6 heteroatoms. The van der Waals surface area contributed by atoms with E-state index in [9.17, 15) is 0 Å². The molecule has 0 bridgehead atoms. The maximum atomic E-state index is 5.20. The molecule has 0 radical (unpaired) electrons. The molecule has 8 aromatic carbocycles. The van der Waals surface area contributed by atoms with Crippen molar-refractivity contribution in [2.45, 2.75) is 26.2 Å². The lowest BCUT2D eigenvalue weighted by molar-refractivity contribution is 0.764. The van der Waals surface area contributed by atoms with E-state index in [2.05, 4.69) is 235 Å². The first-order valence-corrected chi connectivity index (χ1v) is 22.2. The van der Waals surface area contributed by atoms with E-state index in [1.54, 1.807) is 0 Å². The SMILES string of the molecule is Cc1cc(-n2c3ccc(N(c4ccccc4)c4ccccc4)cc3c3cc(N(c4ccccc4)c4ccccc4)ccc32)cc(C)c1-c1nc(-c2ccccc2)nc(C2C=CC=CC2)n1. The Labute approximate surface area is 379 Å². The molecule has 1 aliphatic rings. The number of aromatic nitrogens is 4. The van der Waals surface area contributed by atoms with Crippen molar-refractivity contribution in [1.29, 1.82) is 0 Å². The first-order chi connectivity index (χ1) is 32.1. The van der Waals surface area contributed by atoms with Crippen molar-refractivity contribution in [3.05, 3.63) is 241 Å². The van der Waals surface area contributed by atoms with Crippen LogP contribution in [0.25, 0.3) is 50.3 Å². The summed E-state index contributed by atoms with van der Waals surface area (Å²) in [6.07, 6.45) is 9.40. The van der Waals surface area contributed by atoms with Crippen LogP contribution in [-0.4, -0.2) is 19.5 Å². The number of hydrogen-bond acceptors (Lipinski definition) is 5. The van der Waals surface area contributed by atoms with Gasteiger partial charge in [0.25, 0.3) is 0 Å². The molecule has 1 aliphatic carbocycles. The highest BCUT2D eigenvalue weighted by molar-refractivity contribution is 6.12. The summed E-state index contributed by atoms with van der Waals surface area (Å²) in [6.45, 7) is 4.36. The highest BCUT2D eigenvalue weighted by atomic mass is 15.2. The van der Waals surface area contributed by atoms with Gasteiger partial charge in [-0.25, -0.2) is 15.0 Å². The Morgan fingerprint density at radius 3 is 1.34 bits per heavy atom. The molecule has 0 saturated carbocycles. The van der Waals surface area contributed by atoms with Crippen molar-refractivity contribution in [1.82, 2.24) is 19.5 Å². The van der Waals surface area contributed by atoms with E-state index >= 15 is 0 Å². The lowest BCUT2D eigenvalue weighted by Gasteiger charge is -2.26. The molecule has 2 heterocycles. The molecule has 312 valence electrons. The summed E-state index contributed by atoms with van der Waals surface area (Å²) < 4.78 is 2.42. The van der Waals surface area contributed by atoms with E-state index in [1.165, 1.54) is 0 Å². The number of hydrogen-bond donors (Lipinski definition) is 0. The second kappa shape index (κ2) is 17.1. The molecule has 0 fully saturated rings. The van der Waals surface area contributed by atoms with Gasteiger partial charge in [-0.3, -0.25) is 0 Å². The molecule has 1 unspecified atom stereocenters. The molecule has 0 aliphatic heterocycles. The van der Waals surface area contributed by atoms with Crippen LogP contribution in [0.4, 0.5) is 34.1 Å². The van der Waals surface area contributed by atoms with E-state index in [-0.39, 0.29) is 5.92 Å². The average molecular weight is 839 g/mol. The highest BCUT2D eigenvalue weighted by Crippen LogP contribution is 2.43. The van der Waals surface area contributed by atoms with Crippen LogP contribution in [0.15, 0.2) is 224 Å². The first kappa shape index (κ1) is 39.5. The smallest absolute Gasteiger partial charge is 0.164 e. The van der Waals surface area contributed by atoms with E-state index in [0.717, 1.165) is 96.1 Å². The van der Waals surface area contributed by atoms with Crippen LogP contribution in [-0.2, 0) is 0 Å². The number of para-hydroxylation sites is 4. The summed E-state index contributed by atoms with van der Waals surface area (Å²) >= 11 is 0. The van der Waals surface area contributed by atoms with Crippen LogP contribution < -0.4 is 9.80 Å². The molecular formula is C59H46N6. The van der Waals surface area contributed by atoms with Gasteiger partial charge < -0.3 is 14.4 Å². The van der Waals surface area contributed by atoms with E-state index in [0.29, 0.717) is 11.6 Å². The molecule has 10 aromatic rings. The quantitative estimate of drug-likeness (QED) is 0.137. The van der Waals surface area contributed by atoms with Crippen LogP contribution >= 0.6 is 0 Å². The third kappa shape index (κ3) is 7.55. The number of nitrogens with zero attached hydrogens (tertiary/aromatic N) is 6. The van der Waals surface area contributed by atoms with Crippen molar-refractivity contribution in [2.24, 2.45) is 0 Å². The number of anilines is 6. The Morgan fingerprint density at radius 2 is 0.892 bits per heavy atom. The minimum Gasteiger partial charge on any atom is -0.310 e. The maximum absolute atomic E-state index is 5.20. The van der Waals surface area contributed by atoms with Crippen molar-refractivity contribution >= 4 is 55.9 Å².